The van der Waals surface area contributed by atoms with E-state index in [0.29, 0.717) is 12.2 Å². The second-order valence-corrected chi connectivity index (χ2v) is 2.72. The predicted octanol–water partition coefficient (Wildman–Crippen LogP) is 3.17. The average Bonchev–Trinajstić information content (AvgIpc) is 1.97. The first-order valence-electron chi connectivity index (χ1n) is 4.25. The highest BCUT2D eigenvalue weighted by Gasteiger charge is 2.00. The van der Waals surface area contributed by atoms with Crippen LogP contribution >= 0.6 is 0 Å². The number of rotatable bonds is 6. The van der Waals surface area contributed by atoms with Crippen LogP contribution in [0.15, 0.2) is 12.3 Å². The zero-order chi connectivity index (χ0) is 9.40. The molecule has 0 saturated carbocycles. The third-order valence-electron chi connectivity index (χ3n) is 1.54. The zero-order valence-corrected chi connectivity index (χ0v) is 7.51. The summed E-state index contributed by atoms with van der Waals surface area (Å²) < 4.78 is 4.35. The van der Waals surface area contributed by atoms with Gasteiger partial charge in [0.15, 0.2) is 0 Å². The highest BCUT2D eigenvalue weighted by atomic mass is 16.7. The number of carboxylic acid groups (broad SMARTS) is 1. The summed E-state index contributed by atoms with van der Waals surface area (Å²) >= 11 is 0. The van der Waals surface area contributed by atoms with Crippen LogP contribution in [0.5, 0.6) is 0 Å². The first-order valence-corrected chi connectivity index (χ1v) is 4.25. The minimum absolute atomic E-state index is 0.346. The molecule has 12 heavy (non-hydrogen) atoms. The standard InChI is InChI=1S/C9H16O3/c1-3-4-5-6-7-8(2)12-9(10)11/h2-7H2,1H3,(H,10,11). The summed E-state index contributed by atoms with van der Waals surface area (Å²) in [6.07, 6.45) is 3.80. The zero-order valence-electron chi connectivity index (χ0n) is 7.51. The Bertz CT molecular complexity index is 152. The first kappa shape index (κ1) is 11.0. The summed E-state index contributed by atoms with van der Waals surface area (Å²) in [5.41, 5.74) is 0. The molecule has 0 radical (unpaired) electrons. The Hall–Kier alpha value is -0.990. The maximum absolute atomic E-state index is 10.0. The molecule has 0 bridgehead atoms. The summed E-state index contributed by atoms with van der Waals surface area (Å²) in [5, 5.41) is 8.20. The number of ether oxygens (including phenoxy) is 1. The molecule has 0 aliphatic carbocycles. The molecule has 0 spiro atoms. The van der Waals surface area contributed by atoms with Gasteiger partial charge in [0.2, 0.25) is 0 Å². The van der Waals surface area contributed by atoms with Crippen molar-refractivity contribution in [3.8, 4) is 0 Å². The van der Waals surface area contributed by atoms with Crippen molar-refractivity contribution in [1.82, 2.24) is 0 Å². The molecule has 1 N–H and O–H groups in total. The van der Waals surface area contributed by atoms with Crippen LogP contribution in [0.2, 0.25) is 0 Å². The Morgan fingerprint density at radius 2 is 2.08 bits per heavy atom. The summed E-state index contributed by atoms with van der Waals surface area (Å²) in [6, 6.07) is 0. The Balaban J connectivity index is 3.26. The molecule has 0 aliphatic rings. The van der Waals surface area contributed by atoms with Crippen molar-refractivity contribution in [1.29, 1.82) is 0 Å². The van der Waals surface area contributed by atoms with Gasteiger partial charge in [-0.05, 0) is 6.42 Å². The van der Waals surface area contributed by atoms with Gasteiger partial charge in [-0.25, -0.2) is 4.79 Å². The number of hydrogen-bond donors (Lipinski definition) is 1. The van der Waals surface area contributed by atoms with Crippen molar-refractivity contribution in [2.45, 2.75) is 39.0 Å². The topological polar surface area (TPSA) is 46.5 Å². The molecule has 3 heteroatoms. The molecule has 0 saturated heterocycles. The van der Waals surface area contributed by atoms with E-state index >= 15 is 0 Å². The maximum atomic E-state index is 10.0. The van der Waals surface area contributed by atoms with E-state index in [-0.39, 0.29) is 0 Å². The van der Waals surface area contributed by atoms with E-state index in [1.165, 1.54) is 12.8 Å². The number of hydrogen-bond acceptors (Lipinski definition) is 2. The fourth-order valence-electron chi connectivity index (χ4n) is 0.923. The first-order chi connectivity index (χ1) is 5.66. The minimum atomic E-state index is -1.27. The third-order valence-corrected chi connectivity index (χ3v) is 1.54. The van der Waals surface area contributed by atoms with Crippen LogP contribution in [0.1, 0.15) is 39.0 Å². The smallest absolute Gasteiger partial charge is 0.449 e. The van der Waals surface area contributed by atoms with Gasteiger partial charge < -0.3 is 9.84 Å². The van der Waals surface area contributed by atoms with Gasteiger partial charge in [0.05, 0.1) is 0 Å². The van der Waals surface area contributed by atoms with E-state index in [0.717, 1.165) is 12.8 Å². The average molecular weight is 172 g/mol. The predicted molar refractivity (Wildman–Crippen MR) is 47.0 cm³/mol. The summed E-state index contributed by atoms with van der Waals surface area (Å²) in [5.74, 6) is 0.346. The van der Waals surface area contributed by atoms with Crippen molar-refractivity contribution in [3.05, 3.63) is 12.3 Å². The van der Waals surface area contributed by atoms with Crippen LogP contribution in [-0.4, -0.2) is 11.3 Å². The van der Waals surface area contributed by atoms with Crippen LogP contribution in [-0.2, 0) is 4.74 Å². The largest absolute Gasteiger partial charge is 0.510 e. The van der Waals surface area contributed by atoms with Crippen LogP contribution in [0.25, 0.3) is 0 Å². The number of carbonyl (C=O) groups is 1. The van der Waals surface area contributed by atoms with E-state index in [4.69, 9.17) is 5.11 Å². The fraction of sp³-hybridized carbons (Fsp3) is 0.667. The lowest BCUT2D eigenvalue weighted by Crippen LogP contribution is -1.98. The molecule has 0 amide bonds. The molecule has 0 rings (SSSR count). The Morgan fingerprint density at radius 1 is 1.42 bits per heavy atom. The second-order valence-electron chi connectivity index (χ2n) is 2.72. The lowest BCUT2D eigenvalue weighted by atomic mass is 10.1. The van der Waals surface area contributed by atoms with E-state index in [9.17, 15) is 4.79 Å². The van der Waals surface area contributed by atoms with Crippen molar-refractivity contribution in [3.63, 3.8) is 0 Å². The summed E-state index contributed by atoms with van der Waals surface area (Å²) in [7, 11) is 0. The Morgan fingerprint density at radius 3 is 2.58 bits per heavy atom. The molecule has 0 aromatic rings. The van der Waals surface area contributed by atoms with Crippen LogP contribution < -0.4 is 0 Å². The Kier molecular flexibility index (Phi) is 6.15. The van der Waals surface area contributed by atoms with Gasteiger partial charge in [0, 0.05) is 6.42 Å². The van der Waals surface area contributed by atoms with Gasteiger partial charge in [-0.3, -0.25) is 0 Å². The van der Waals surface area contributed by atoms with Crippen molar-refractivity contribution in [2.75, 3.05) is 0 Å². The molecule has 0 atom stereocenters. The van der Waals surface area contributed by atoms with E-state index in [1.54, 1.807) is 0 Å². The molecular formula is C9H16O3. The second kappa shape index (κ2) is 6.70. The van der Waals surface area contributed by atoms with Gasteiger partial charge in [0.25, 0.3) is 0 Å². The number of allylic oxidation sites excluding steroid dienone is 1. The molecule has 70 valence electrons. The maximum Gasteiger partial charge on any atom is 0.510 e. The van der Waals surface area contributed by atoms with Crippen molar-refractivity contribution >= 4 is 6.16 Å². The van der Waals surface area contributed by atoms with Crippen LogP contribution in [0.4, 0.5) is 4.79 Å². The lowest BCUT2D eigenvalue weighted by Gasteiger charge is -2.02. The van der Waals surface area contributed by atoms with Gasteiger partial charge in [-0.15, -0.1) is 0 Å². The molecule has 3 nitrogen and oxygen atoms in total. The van der Waals surface area contributed by atoms with Crippen LogP contribution in [0.3, 0.4) is 0 Å². The monoisotopic (exact) mass is 172 g/mol. The molecular weight excluding hydrogens is 156 g/mol. The lowest BCUT2D eigenvalue weighted by molar-refractivity contribution is 0.116. The highest BCUT2D eigenvalue weighted by molar-refractivity contribution is 5.58. The van der Waals surface area contributed by atoms with Crippen molar-refractivity contribution in [2.24, 2.45) is 0 Å². The summed E-state index contributed by atoms with van der Waals surface area (Å²) in [6.45, 7) is 5.62. The van der Waals surface area contributed by atoms with Crippen molar-refractivity contribution < 1.29 is 14.6 Å². The fourth-order valence-corrected chi connectivity index (χ4v) is 0.923. The van der Waals surface area contributed by atoms with Gasteiger partial charge in [-0.2, -0.15) is 0 Å². The van der Waals surface area contributed by atoms with Gasteiger partial charge in [-0.1, -0.05) is 32.8 Å². The minimum Gasteiger partial charge on any atom is -0.449 e. The van der Waals surface area contributed by atoms with E-state index < -0.39 is 6.16 Å². The Labute approximate surface area is 73.0 Å². The molecule has 0 heterocycles. The van der Waals surface area contributed by atoms with E-state index in [2.05, 4.69) is 18.2 Å². The molecule has 0 aromatic carbocycles. The summed E-state index contributed by atoms with van der Waals surface area (Å²) in [4.78, 5) is 10.0. The van der Waals surface area contributed by atoms with Crippen LogP contribution in [0, 0.1) is 0 Å². The highest BCUT2D eigenvalue weighted by Crippen LogP contribution is 2.09. The van der Waals surface area contributed by atoms with E-state index in [1.807, 2.05) is 0 Å². The third kappa shape index (κ3) is 7.12. The molecule has 0 fully saturated rings. The number of unbranched alkanes of at least 4 members (excludes halogenated alkanes) is 3. The SMILES string of the molecule is C=C(CCCCCC)OC(=O)O. The van der Waals surface area contributed by atoms with Gasteiger partial charge in [0.1, 0.15) is 5.76 Å². The molecule has 0 unspecified atom stereocenters. The molecule has 0 aliphatic heterocycles. The normalized spacial score (nSPS) is 9.42. The molecule has 0 aromatic heterocycles. The van der Waals surface area contributed by atoms with Gasteiger partial charge >= 0.3 is 6.16 Å². The quantitative estimate of drug-likeness (QED) is 0.380.